The molecule has 2 aliphatic rings. The van der Waals surface area contributed by atoms with E-state index in [0.717, 1.165) is 19.6 Å². The molecule has 0 bridgehead atoms. The lowest BCUT2D eigenvalue weighted by molar-refractivity contribution is 0.0333. The van der Waals surface area contributed by atoms with Crippen LogP contribution in [0.5, 0.6) is 0 Å². The van der Waals surface area contributed by atoms with Gasteiger partial charge < -0.3 is 15.1 Å². The summed E-state index contributed by atoms with van der Waals surface area (Å²) in [5.74, 6) is 0. The molecule has 0 aromatic carbocycles. The topological polar surface area (TPSA) is 46.9 Å². The van der Waals surface area contributed by atoms with Gasteiger partial charge in [0.25, 0.3) is 0 Å². The van der Waals surface area contributed by atoms with E-state index in [0.29, 0.717) is 6.04 Å². The Labute approximate surface area is 104 Å². The van der Waals surface area contributed by atoms with Crippen molar-refractivity contribution in [2.75, 3.05) is 45.9 Å². The maximum Gasteiger partial charge on any atom is 0.0519 e. The zero-order valence-electron chi connectivity index (χ0n) is 10.9. The van der Waals surface area contributed by atoms with Crippen molar-refractivity contribution < 1.29 is 10.2 Å². The first-order valence-corrected chi connectivity index (χ1v) is 6.85. The van der Waals surface area contributed by atoms with Gasteiger partial charge in [0.15, 0.2) is 0 Å². The summed E-state index contributed by atoms with van der Waals surface area (Å²) in [7, 11) is 0. The van der Waals surface area contributed by atoms with Gasteiger partial charge in [0, 0.05) is 24.5 Å². The van der Waals surface area contributed by atoms with Crippen LogP contribution in [0.15, 0.2) is 0 Å². The van der Waals surface area contributed by atoms with E-state index in [2.05, 4.69) is 9.80 Å². The van der Waals surface area contributed by atoms with Crippen LogP contribution in [0.1, 0.15) is 26.2 Å². The lowest BCUT2D eigenvalue weighted by Gasteiger charge is -2.33. The fourth-order valence-corrected chi connectivity index (χ4v) is 3.12. The van der Waals surface area contributed by atoms with Gasteiger partial charge >= 0.3 is 0 Å². The summed E-state index contributed by atoms with van der Waals surface area (Å²) in [5, 5.41) is 18.8. The van der Waals surface area contributed by atoms with Gasteiger partial charge in [-0.3, -0.25) is 4.90 Å². The molecule has 1 atom stereocenters. The SMILES string of the molecule is CC(CO)(CO)CN1CCCN2CCCC2C1. The molecule has 2 fully saturated rings. The van der Waals surface area contributed by atoms with Crippen molar-refractivity contribution in [3.63, 3.8) is 0 Å². The quantitative estimate of drug-likeness (QED) is 0.736. The molecule has 2 N–H and O–H groups in total. The number of nitrogens with zero attached hydrogens (tertiary/aromatic N) is 2. The Bertz CT molecular complexity index is 244. The Morgan fingerprint density at radius 3 is 2.53 bits per heavy atom. The summed E-state index contributed by atoms with van der Waals surface area (Å²) in [6, 6.07) is 0.708. The fourth-order valence-electron chi connectivity index (χ4n) is 3.12. The Balaban J connectivity index is 1.92. The predicted octanol–water partition coefficient (Wildman–Crippen LogP) is 0.147. The molecule has 0 spiro atoms. The third-order valence-corrected chi connectivity index (χ3v) is 4.26. The summed E-state index contributed by atoms with van der Waals surface area (Å²) < 4.78 is 0. The molecular formula is C13H26N2O2. The number of rotatable bonds is 4. The molecule has 1 unspecified atom stereocenters. The minimum atomic E-state index is -0.353. The number of hydrogen-bond acceptors (Lipinski definition) is 4. The minimum absolute atomic E-state index is 0.0639. The monoisotopic (exact) mass is 242 g/mol. The zero-order chi connectivity index (χ0) is 12.3. The zero-order valence-corrected chi connectivity index (χ0v) is 10.9. The second-order valence-electron chi connectivity index (χ2n) is 6.05. The van der Waals surface area contributed by atoms with E-state index < -0.39 is 0 Å². The molecule has 2 aliphatic heterocycles. The van der Waals surface area contributed by atoms with Gasteiger partial charge in [-0.05, 0) is 38.9 Å². The summed E-state index contributed by atoms with van der Waals surface area (Å²) in [6.07, 6.45) is 3.85. The highest BCUT2D eigenvalue weighted by Gasteiger charge is 2.32. The molecule has 4 heteroatoms. The minimum Gasteiger partial charge on any atom is -0.396 e. The summed E-state index contributed by atoms with van der Waals surface area (Å²) >= 11 is 0. The Hall–Kier alpha value is -0.160. The smallest absolute Gasteiger partial charge is 0.0519 e. The fraction of sp³-hybridized carbons (Fsp3) is 1.00. The molecule has 2 rings (SSSR count). The van der Waals surface area contributed by atoms with Crippen LogP contribution < -0.4 is 0 Å². The molecular weight excluding hydrogens is 216 g/mol. The lowest BCUT2D eigenvalue weighted by atomic mass is 9.92. The Morgan fingerprint density at radius 2 is 1.82 bits per heavy atom. The predicted molar refractivity (Wildman–Crippen MR) is 67.9 cm³/mol. The van der Waals surface area contributed by atoms with E-state index in [1.807, 2.05) is 6.92 Å². The van der Waals surface area contributed by atoms with Crippen molar-refractivity contribution in [2.24, 2.45) is 5.41 Å². The van der Waals surface area contributed by atoms with Crippen molar-refractivity contribution >= 4 is 0 Å². The highest BCUT2D eigenvalue weighted by atomic mass is 16.3. The molecule has 0 radical (unpaired) electrons. The average molecular weight is 242 g/mol. The summed E-state index contributed by atoms with van der Waals surface area (Å²) in [5.41, 5.74) is -0.353. The van der Waals surface area contributed by atoms with Gasteiger partial charge in [-0.15, -0.1) is 0 Å². The van der Waals surface area contributed by atoms with Crippen LogP contribution in [0.4, 0.5) is 0 Å². The van der Waals surface area contributed by atoms with E-state index in [-0.39, 0.29) is 18.6 Å². The second kappa shape index (κ2) is 5.65. The molecule has 2 heterocycles. The molecule has 0 amide bonds. The van der Waals surface area contributed by atoms with Crippen molar-refractivity contribution in [3.8, 4) is 0 Å². The third kappa shape index (κ3) is 3.19. The van der Waals surface area contributed by atoms with Gasteiger partial charge in [0.1, 0.15) is 0 Å². The normalized spacial score (nSPS) is 28.1. The summed E-state index contributed by atoms with van der Waals surface area (Å²) in [4.78, 5) is 5.04. The third-order valence-electron chi connectivity index (χ3n) is 4.26. The van der Waals surface area contributed by atoms with Crippen LogP contribution in [0.3, 0.4) is 0 Å². The Morgan fingerprint density at radius 1 is 1.12 bits per heavy atom. The second-order valence-corrected chi connectivity index (χ2v) is 6.05. The van der Waals surface area contributed by atoms with E-state index in [4.69, 9.17) is 0 Å². The standard InChI is InChI=1S/C13H26N2O2/c1-13(10-16,11-17)9-14-5-3-7-15-6-2-4-12(15)8-14/h12,16-17H,2-11H2,1H3. The first-order chi connectivity index (χ1) is 8.17. The molecule has 0 aromatic rings. The maximum atomic E-state index is 9.38. The van der Waals surface area contributed by atoms with Gasteiger partial charge in [-0.1, -0.05) is 6.92 Å². The van der Waals surface area contributed by atoms with Crippen LogP contribution >= 0.6 is 0 Å². The van der Waals surface area contributed by atoms with E-state index >= 15 is 0 Å². The van der Waals surface area contributed by atoms with Crippen LogP contribution in [0, 0.1) is 5.41 Å². The van der Waals surface area contributed by atoms with Gasteiger partial charge in [0.2, 0.25) is 0 Å². The molecule has 0 saturated carbocycles. The van der Waals surface area contributed by atoms with Crippen molar-refractivity contribution in [2.45, 2.75) is 32.2 Å². The summed E-state index contributed by atoms with van der Waals surface area (Å²) in [6.45, 7) is 7.58. The number of fused-ring (bicyclic) bond motifs is 1. The molecule has 4 nitrogen and oxygen atoms in total. The Kier molecular flexibility index (Phi) is 4.42. The van der Waals surface area contributed by atoms with E-state index in [1.54, 1.807) is 0 Å². The molecule has 0 aromatic heterocycles. The van der Waals surface area contributed by atoms with Crippen LogP contribution in [-0.2, 0) is 0 Å². The van der Waals surface area contributed by atoms with Crippen LogP contribution in [0.25, 0.3) is 0 Å². The molecule has 100 valence electrons. The number of aliphatic hydroxyl groups is 2. The number of aliphatic hydroxyl groups excluding tert-OH is 2. The highest BCUT2D eigenvalue weighted by Crippen LogP contribution is 2.24. The molecule has 2 saturated heterocycles. The van der Waals surface area contributed by atoms with Crippen molar-refractivity contribution in [1.82, 2.24) is 9.80 Å². The average Bonchev–Trinajstić information content (AvgIpc) is 2.68. The first kappa shape index (κ1) is 13.3. The van der Waals surface area contributed by atoms with Crippen molar-refractivity contribution in [3.05, 3.63) is 0 Å². The lowest BCUT2D eigenvalue weighted by Crippen LogP contribution is -2.44. The molecule has 17 heavy (non-hydrogen) atoms. The van der Waals surface area contributed by atoms with E-state index in [1.165, 1.54) is 32.4 Å². The van der Waals surface area contributed by atoms with Crippen LogP contribution in [-0.4, -0.2) is 72.0 Å². The van der Waals surface area contributed by atoms with E-state index in [9.17, 15) is 10.2 Å². The van der Waals surface area contributed by atoms with Gasteiger partial charge in [-0.25, -0.2) is 0 Å². The van der Waals surface area contributed by atoms with Crippen molar-refractivity contribution in [1.29, 1.82) is 0 Å². The highest BCUT2D eigenvalue weighted by molar-refractivity contribution is 4.87. The van der Waals surface area contributed by atoms with Crippen LogP contribution in [0.2, 0.25) is 0 Å². The van der Waals surface area contributed by atoms with Gasteiger partial charge in [0.05, 0.1) is 13.2 Å². The largest absolute Gasteiger partial charge is 0.396 e. The van der Waals surface area contributed by atoms with Gasteiger partial charge in [-0.2, -0.15) is 0 Å². The molecule has 0 aliphatic carbocycles. The number of hydrogen-bond donors (Lipinski definition) is 2. The first-order valence-electron chi connectivity index (χ1n) is 6.85. The maximum absolute atomic E-state index is 9.38.